The molecule has 0 unspecified atom stereocenters. The molecule has 1 fully saturated rings. The molecule has 0 radical (unpaired) electrons. The summed E-state index contributed by atoms with van der Waals surface area (Å²) in [6.45, 7) is 0. The fourth-order valence-corrected chi connectivity index (χ4v) is 1.18. The minimum absolute atomic E-state index is 0.00319. The van der Waals surface area contributed by atoms with E-state index in [1.807, 2.05) is 0 Å². The van der Waals surface area contributed by atoms with Gasteiger partial charge in [0.15, 0.2) is 0 Å². The predicted molar refractivity (Wildman–Crippen MR) is 52.8 cm³/mol. The van der Waals surface area contributed by atoms with Gasteiger partial charge in [-0.25, -0.2) is 0 Å². The molecule has 1 aliphatic rings. The van der Waals surface area contributed by atoms with Gasteiger partial charge in [-0.3, -0.25) is 0 Å². The van der Waals surface area contributed by atoms with E-state index in [0.29, 0.717) is 0 Å². The third-order valence-electron chi connectivity index (χ3n) is 2.21. The molecule has 1 N–H and O–H groups in total. The highest BCUT2D eigenvalue weighted by atomic mass is 16.5. The molecule has 1 aliphatic carbocycles. The molecular formula is C10H13BO2. The Bertz CT molecular complexity index is 437. The van der Waals surface area contributed by atoms with E-state index < -0.39 is 7.12 Å². The molecule has 13 heavy (non-hydrogen) atoms. The van der Waals surface area contributed by atoms with E-state index in [-0.39, 0.29) is 35.7 Å². The standard InChI is InChI=1S/C10H13BO2/c12-11(13-10-7-4-8-10)9-5-2-1-3-6-9/h1-3,5-6,10,12H,4,7-8H2/i1D,2D,3D,5D. The van der Waals surface area contributed by atoms with Gasteiger partial charge in [-0.15, -0.1) is 0 Å². The van der Waals surface area contributed by atoms with E-state index >= 15 is 0 Å². The Hall–Kier alpha value is -0.795. The number of benzene rings is 1. The largest absolute Gasteiger partial charge is 0.491 e. The molecule has 1 aromatic carbocycles. The van der Waals surface area contributed by atoms with E-state index in [2.05, 4.69) is 0 Å². The third-order valence-corrected chi connectivity index (χ3v) is 2.21. The van der Waals surface area contributed by atoms with Gasteiger partial charge in [-0.05, 0) is 24.7 Å². The average molecular weight is 180 g/mol. The summed E-state index contributed by atoms with van der Waals surface area (Å²) >= 11 is 0. The second kappa shape index (κ2) is 3.94. The maximum Gasteiger partial charge on any atom is 0.491 e. The van der Waals surface area contributed by atoms with Crippen LogP contribution in [0.25, 0.3) is 0 Å². The van der Waals surface area contributed by atoms with Gasteiger partial charge in [0, 0.05) is 6.10 Å². The first-order valence-corrected chi connectivity index (χ1v) is 4.41. The first-order chi connectivity index (χ1) is 8.00. The first-order valence-electron chi connectivity index (χ1n) is 6.41. The van der Waals surface area contributed by atoms with Crippen LogP contribution in [-0.4, -0.2) is 18.2 Å². The van der Waals surface area contributed by atoms with Crippen LogP contribution in [0.3, 0.4) is 0 Å². The zero-order valence-corrected chi connectivity index (χ0v) is 7.21. The van der Waals surface area contributed by atoms with Crippen LogP contribution in [0.5, 0.6) is 0 Å². The van der Waals surface area contributed by atoms with Crippen molar-refractivity contribution in [2.45, 2.75) is 25.4 Å². The van der Waals surface area contributed by atoms with Crippen LogP contribution < -0.4 is 5.46 Å². The van der Waals surface area contributed by atoms with Crippen molar-refractivity contribution in [3.63, 3.8) is 0 Å². The van der Waals surface area contributed by atoms with Crippen molar-refractivity contribution in [3.05, 3.63) is 30.2 Å². The molecule has 1 aromatic rings. The minimum atomic E-state index is -1.28. The SMILES string of the molecule is [2H]c1cc(B(O)OC2CCC2)c([2H])c([2H])c1[2H]. The first kappa shape index (κ1) is 5.18. The van der Waals surface area contributed by atoms with Crippen LogP contribution in [-0.2, 0) is 4.65 Å². The molecule has 0 aromatic heterocycles. The maximum absolute atomic E-state index is 9.81. The molecule has 0 spiro atoms. The summed E-state index contributed by atoms with van der Waals surface area (Å²) in [7, 11) is -1.28. The van der Waals surface area contributed by atoms with Crippen LogP contribution in [0.1, 0.15) is 24.7 Å². The zero-order valence-electron chi connectivity index (χ0n) is 11.2. The van der Waals surface area contributed by atoms with E-state index in [0.717, 1.165) is 19.3 Å². The number of hydrogen-bond donors (Lipinski definition) is 1. The van der Waals surface area contributed by atoms with Crippen LogP contribution in [0, 0.1) is 0 Å². The van der Waals surface area contributed by atoms with Gasteiger partial charge in [0.2, 0.25) is 0 Å². The minimum Gasteiger partial charge on any atom is -0.423 e. The molecular weight excluding hydrogens is 163 g/mol. The Kier molecular flexibility index (Phi) is 1.57. The summed E-state index contributed by atoms with van der Waals surface area (Å²) < 4.78 is 35.3. The van der Waals surface area contributed by atoms with Gasteiger partial charge >= 0.3 is 7.12 Å². The average Bonchev–Trinajstić information content (AvgIpc) is 2.25. The molecule has 0 amide bonds. The highest BCUT2D eigenvalue weighted by Crippen LogP contribution is 2.21. The van der Waals surface area contributed by atoms with Crippen molar-refractivity contribution in [2.24, 2.45) is 0 Å². The quantitative estimate of drug-likeness (QED) is 0.701. The molecule has 0 aliphatic heterocycles. The molecule has 0 atom stereocenters. The van der Waals surface area contributed by atoms with Crippen LogP contribution in [0.2, 0.25) is 0 Å². The second-order valence-electron chi connectivity index (χ2n) is 3.16. The number of rotatable bonds is 3. The van der Waals surface area contributed by atoms with Crippen molar-refractivity contribution in [1.29, 1.82) is 0 Å². The van der Waals surface area contributed by atoms with Gasteiger partial charge < -0.3 is 9.68 Å². The van der Waals surface area contributed by atoms with Crippen molar-refractivity contribution in [2.75, 3.05) is 0 Å². The Labute approximate surface area is 84.3 Å². The lowest BCUT2D eigenvalue weighted by Gasteiger charge is -2.27. The summed E-state index contributed by atoms with van der Waals surface area (Å²) in [6, 6.07) is 0.180. The summed E-state index contributed by atoms with van der Waals surface area (Å²) in [5.74, 6) is 0. The topological polar surface area (TPSA) is 29.5 Å². The molecule has 68 valence electrons. The van der Waals surface area contributed by atoms with Gasteiger partial charge in [-0.2, -0.15) is 0 Å². The Morgan fingerprint density at radius 3 is 3.00 bits per heavy atom. The normalized spacial score (nSPS) is 21.0. The molecule has 3 heteroatoms. The van der Waals surface area contributed by atoms with Crippen molar-refractivity contribution < 1.29 is 15.2 Å². The lowest BCUT2D eigenvalue weighted by molar-refractivity contribution is 0.100. The third kappa shape index (κ3) is 2.11. The van der Waals surface area contributed by atoms with Crippen molar-refractivity contribution >= 4 is 12.6 Å². The Morgan fingerprint density at radius 2 is 2.31 bits per heavy atom. The highest BCUT2D eigenvalue weighted by molar-refractivity contribution is 6.59. The lowest BCUT2D eigenvalue weighted by Crippen LogP contribution is -2.39. The van der Waals surface area contributed by atoms with E-state index in [1.54, 1.807) is 0 Å². The summed E-state index contributed by atoms with van der Waals surface area (Å²) in [5.41, 5.74) is 0.0999. The smallest absolute Gasteiger partial charge is 0.423 e. The van der Waals surface area contributed by atoms with Crippen LogP contribution in [0.4, 0.5) is 0 Å². The van der Waals surface area contributed by atoms with E-state index in [1.165, 1.54) is 6.07 Å². The molecule has 2 rings (SSSR count). The lowest BCUT2D eigenvalue weighted by atomic mass is 9.78. The molecule has 0 saturated heterocycles. The van der Waals surface area contributed by atoms with E-state index in [4.69, 9.17) is 10.1 Å². The monoisotopic (exact) mass is 180 g/mol. The number of hydrogen-bond acceptors (Lipinski definition) is 2. The van der Waals surface area contributed by atoms with Gasteiger partial charge in [-0.1, -0.05) is 30.2 Å². The van der Waals surface area contributed by atoms with Gasteiger partial charge in [0.25, 0.3) is 0 Å². The fraction of sp³-hybridized carbons (Fsp3) is 0.400. The highest BCUT2D eigenvalue weighted by Gasteiger charge is 2.25. The van der Waals surface area contributed by atoms with Crippen LogP contribution in [0.15, 0.2) is 30.2 Å². The zero-order chi connectivity index (χ0) is 12.6. The fourth-order valence-electron chi connectivity index (χ4n) is 1.18. The Morgan fingerprint density at radius 1 is 1.46 bits per heavy atom. The molecule has 0 heterocycles. The summed E-state index contributed by atoms with van der Waals surface area (Å²) in [5, 5.41) is 9.81. The predicted octanol–water partition coefficient (Wildman–Crippen LogP) is 0.943. The van der Waals surface area contributed by atoms with Crippen molar-refractivity contribution in [3.8, 4) is 0 Å². The molecule has 2 nitrogen and oxygen atoms in total. The van der Waals surface area contributed by atoms with Crippen LogP contribution >= 0.6 is 0 Å². The van der Waals surface area contributed by atoms with E-state index in [9.17, 15) is 5.02 Å². The summed E-state index contributed by atoms with van der Waals surface area (Å²) in [4.78, 5) is 0. The second-order valence-corrected chi connectivity index (χ2v) is 3.16. The van der Waals surface area contributed by atoms with Gasteiger partial charge in [0.1, 0.15) is 0 Å². The summed E-state index contributed by atoms with van der Waals surface area (Å²) in [6.07, 6.45) is 2.86. The molecule has 1 saturated carbocycles. The Balaban J connectivity index is 2.24. The molecule has 0 bridgehead atoms. The maximum atomic E-state index is 9.81. The van der Waals surface area contributed by atoms with Crippen molar-refractivity contribution in [1.82, 2.24) is 0 Å². The van der Waals surface area contributed by atoms with Gasteiger partial charge in [0.05, 0.1) is 5.48 Å².